The summed E-state index contributed by atoms with van der Waals surface area (Å²) in [6, 6.07) is 0.862. The van der Waals surface area contributed by atoms with Crippen molar-refractivity contribution in [3.05, 3.63) is 24.0 Å². The highest BCUT2D eigenvalue weighted by molar-refractivity contribution is 7.89. The number of sulfonamides is 1. The highest BCUT2D eigenvalue weighted by Crippen LogP contribution is 2.22. The zero-order valence-corrected chi connectivity index (χ0v) is 11.8. The Morgan fingerprint density at radius 1 is 1.38 bits per heavy atom. The van der Waals surface area contributed by atoms with E-state index in [2.05, 4.69) is 4.98 Å². The van der Waals surface area contributed by atoms with Gasteiger partial charge in [0.15, 0.2) is 0 Å². The molecule has 0 unspecified atom stereocenters. The van der Waals surface area contributed by atoms with E-state index in [9.17, 15) is 26.4 Å². The molecule has 10 heteroatoms. The molecule has 0 fully saturated rings. The summed E-state index contributed by atoms with van der Waals surface area (Å²) in [4.78, 5) is 13.8. The third-order valence-corrected chi connectivity index (χ3v) is 4.53. The molecular formula is C11H13F3N2O4S. The van der Waals surface area contributed by atoms with E-state index in [0.717, 1.165) is 18.5 Å². The van der Waals surface area contributed by atoms with Crippen molar-refractivity contribution in [2.75, 3.05) is 13.1 Å². The summed E-state index contributed by atoms with van der Waals surface area (Å²) in [5.74, 6) is -1.38. The summed E-state index contributed by atoms with van der Waals surface area (Å²) in [7, 11) is -4.22. The summed E-state index contributed by atoms with van der Waals surface area (Å²) >= 11 is 0. The largest absolute Gasteiger partial charge is 0.478 e. The lowest BCUT2D eigenvalue weighted by Gasteiger charge is -2.21. The average Bonchev–Trinajstić information content (AvgIpc) is 2.38. The lowest BCUT2D eigenvalue weighted by Crippen LogP contribution is -2.34. The second kappa shape index (κ2) is 6.39. The van der Waals surface area contributed by atoms with Crippen LogP contribution in [0.2, 0.25) is 0 Å². The van der Waals surface area contributed by atoms with Gasteiger partial charge in [-0.3, -0.25) is 4.98 Å². The fraction of sp³-hybridized carbons (Fsp3) is 0.455. The molecule has 1 heterocycles. The third kappa shape index (κ3) is 4.67. The second-order valence-electron chi connectivity index (χ2n) is 4.08. The normalized spacial score (nSPS) is 12.6. The molecule has 1 aromatic rings. The van der Waals surface area contributed by atoms with Crippen molar-refractivity contribution >= 4 is 16.0 Å². The molecule has 0 bridgehead atoms. The summed E-state index contributed by atoms with van der Waals surface area (Å²) in [6.07, 6.45) is -3.92. The summed E-state index contributed by atoms with van der Waals surface area (Å²) in [6.45, 7) is 0.484. The van der Waals surface area contributed by atoms with Crippen LogP contribution in [0, 0.1) is 0 Å². The van der Waals surface area contributed by atoms with Gasteiger partial charge in [0, 0.05) is 25.5 Å². The average molecular weight is 326 g/mol. The molecule has 0 atom stereocenters. The second-order valence-corrected chi connectivity index (χ2v) is 6.01. The predicted octanol–water partition coefficient (Wildman–Crippen LogP) is 1.74. The molecule has 1 rings (SSSR count). The van der Waals surface area contributed by atoms with E-state index in [4.69, 9.17) is 5.11 Å². The van der Waals surface area contributed by atoms with Crippen molar-refractivity contribution in [1.29, 1.82) is 0 Å². The number of hydrogen-bond donors (Lipinski definition) is 1. The van der Waals surface area contributed by atoms with Gasteiger partial charge in [0.25, 0.3) is 0 Å². The molecule has 0 spiro atoms. The molecule has 1 aromatic heterocycles. The highest BCUT2D eigenvalue weighted by atomic mass is 32.2. The van der Waals surface area contributed by atoms with Gasteiger partial charge in [0.2, 0.25) is 10.0 Å². The van der Waals surface area contributed by atoms with Crippen molar-refractivity contribution in [3.63, 3.8) is 0 Å². The van der Waals surface area contributed by atoms with Gasteiger partial charge in [0.1, 0.15) is 4.90 Å². The van der Waals surface area contributed by atoms with Crippen LogP contribution >= 0.6 is 0 Å². The molecule has 0 aromatic carbocycles. The van der Waals surface area contributed by atoms with Gasteiger partial charge in [-0.25, -0.2) is 13.2 Å². The number of nitrogens with zero attached hydrogens (tertiary/aromatic N) is 2. The van der Waals surface area contributed by atoms with Crippen LogP contribution in [0.1, 0.15) is 23.7 Å². The number of halogens is 3. The molecule has 1 N–H and O–H groups in total. The first kappa shape index (κ1) is 17.4. The minimum absolute atomic E-state index is 0.171. The molecule has 0 saturated carbocycles. The van der Waals surface area contributed by atoms with Crippen molar-refractivity contribution in [3.8, 4) is 0 Å². The number of pyridine rings is 1. The Labute approximate surface area is 119 Å². The van der Waals surface area contributed by atoms with Crippen LogP contribution in [0.4, 0.5) is 13.2 Å². The molecule has 6 nitrogen and oxygen atoms in total. The van der Waals surface area contributed by atoms with Gasteiger partial charge in [-0.15, -0.1) is 0 Å². The maximum absolute atomic E-state index is 12.2. The van der Waals surface area contributed by atoms with Crippen molar-refractivity contribution < 1.29 is 31.5 Å². The molecule has 0 aliphatic rings. The van der Waals surface area contributed by atoms with Crippen LogP contribution in [0.25, 0.3) is 0 Å². The Morgan fingerprint density at radius 2 is 2.00 bits per heavy atom. The van der Waals surface area contributed by atoms with Crippen LogP contribution in [-0.4, -0.2) is 48.0 Å². The van der Waals surface area contributed by atoms with E-state index < -0.39 is 40.0 Å². The van der Waals surface area contributed by atoms with Crippen molar-refractivity contribution in [1.82, 2.24) is 9.29 Å². The van der Waals surface area contributed by atoms with E-state index in [1.54, 1.807) is 0 Å². The van der Waals surface area contributed by atoms with E-state index in [-0.39, 0.29) is 12.1 Å². The Hall–Kier alpha value is -1.68. The number of aromatic carboxylic acids is 1. The van der Waals surface area contributed by atoms with Gasteiger partial charge >= 0.3 is 12.1 Å². The minimum Gasteiger partial charge on any atom is -0.478 e. The fourth-order valence-electron chi connectivity index (χ4n) is 1.53. The molecule has 0 saturated heterocycles. The molecule has 0 amide bonds. The number of carboxylic acid groups (broad SMARTS) is 1. The highest BCUT2D eigenvalue weighted by Gasteiger charge is 2.31. The topological polar surface area (TPSA) is 87.6 Å². The fourth-order valence-corrected chi connectivity index (χ4v) is 2.97. The molecule has 0 aliphatic heterocycles. The van der Waals surface area contributed by atoms with Crippen molar-refractivity contribution in [2.24, 2.45) is 0 Å². The van der Waals surface area contributed by atoms with Crippen LogP contribution in [0.15, 0.2) is 23.4 Å². The molecule has 0 radical (unpaired) electrons. The summed E-state index contributed by atoms with van der Waals surface area (Å²) < 4.78 is 61.6. The minimum atomic E-state index is -4.48. The number of hydrogen-bond acceptors (Lipinski definition) is 4. The molecule has 0 aliphatic carbocycles. The first-order valence-corrected chi connectivity index (χ1v) is 7.27. The van der Waals surface area contributed by atoms with Crippen LogP contribution in [0.3, 0.4) is 0 Å². The van der Waals surface area contributed by atoms with Crippen molar-refractivity contribution in [2.45, 2.75) is 24.4 Å². The third-order valence-electron chi connectivity index (χ3n) is 2.60. The van der Waals surface area contributed by atoms with E-state index in [1.807, 2.05) is 0 Å². The van der Waals surface area contributed by atoms with Crippen LogP contribution in [0.5, 0.6) is 0 Å². The zero-order chi connectivity index (χ0) is 16.3. The quantitative estimate of drug-likeness (QED) is 0.860. The number of carboxylic acids is 1. The Kier molecular flexibility index (Phi) is 5.29. The standard InChI is InChI=1S/C11H13F3N2O4S/c1-2-16(4-3-11(12,13)14)21(19,20)9-5-8(10(17)18)6-15-7-9/h5-7H,2-4H2,1H3,(H,17,18). The van der Waals surface area contributed by atoms with Gasteiger partial charge < -0.3 is 5.11 Å². The molecule has 21 heavy (non-hydrogen) atoms. The first-order chi connectivity index (χ1) is 9.58. The van der Waals surface area contributed by atoms with E-state index in [0.29, 0.717) is 4.31 Å². The van der Waals surface area contributed by atoms with Gasteiger partial charge in [-0.1, -0.05) is 6.92 Å². The number of rotatable bonds is 6. The SMILES string of the molecule is CCN(CCC(F)(F)F)S(=O)(=O)c1cncc(C(=O)O)c1. The maximum atomic E-state index is 12.2. The van der Waals surface area contributed by atoms with Crippen LogP contribution < -0.4 is 0 Å². The smallest absolute Gasteiger partial charge is 0.390 e. The van der Waals surface area contributed by atoms with Gasteiger partial charge in [-0.05, 0) is 6.07 Å². The Bertz CT molecular complexity index is 616. The molecule has 118 valence electrons. The monoisotopic (exact) mass is 326 g/mol. The number of alkyl halides is 3. The number of carbonyl (C=O) groups is 1. The summed E-state index contributed by atoms with van der Waals surface area (Å²) in [5.41, 5.74) is -0.358. The summed E-state index contributed by atoms with van der Waals surface area (Å²) in [5, 5.41) is 8.78. The van der Waals surface area contributed by atoms with Gasteiger partial charge in [-0.2, -0.15) is 17.5 Å². The first-order valence-electron chi connectivity index (χ1n) is 5.83. The van der Waals surface area contributed by atoms with Crippen LogP contribution in [-0.2, 0) is 10.0 Å². The lowest BCUT2D eigenvalue weighted by atomic mass is 10.3. The van der Waals surface area contributed by atoms with Gasteiger partial charge in [0.05, 0.1) is 12.0 Å². The van der Waals surface area contributed by atoms with E-state index in [1.165, 1.54) is 6.92 Å². The lowest BCUT2D eigenvalue weighted by molar-refractivity contribution is -0.135. The Morgan fingerprint density at radius 3 is 2.48 bits per heavy atom. The predicted molar refractivity (Wildman–Crippen MR) is 66.3 cm³/mol. The molecular weight excluding hydrogens is 313 g/mol. The van der Waals surface area contributed by atoms with E-state index >= 15 is 0 Å². The Balaban J connectivity index is 3.07. The zero-order valence-electron chi connectivity index (χ0n) is 11.0. The maximum Gasteiger partial charge on any atom is 0.390 e. The number of aromatic nitrogens is 1.